The first-order valence-electron chi connectivity index (χ1n) is 15.4. The second kappa shape index (κ2) is 14.1. The maximum atomic E-state index is 14.0. The van der Waals surface area contributed by atoms with Gasteiger partial charge >= 0.3 is 0 Å². The number of nitrogens with zero attached hydrogens (tertiary/aromatic N) is 4. The molecule has 3 aromatic carbocycles. The Morgan fingerprint density at radius 1 is 1.04 bits per heavy atom. The highest BCUT2D eigenvalue weighted by atomic mass is 32.2. The van der Waals surface area contributed by atoms with Crippen LogP contribution in [0.15, 0.2) is 87.4 Å². The molecular weight excluding hydrogens is 604 g/mol. The second-order valence-corrected chi connectivity index (χ2v) is 13.0. The van der Waals surface area contributed by atoms with Gasteiger partial charge in [0.25, 0.3) is 11.5 Å². The van der Waals surface area contributed by atoms with Crippen molar-refractivity contribution in [3.05, 3.63) is 106 Å². The molecule has 5 rings (SSSR count). The fraction of sp³-hybridized carbons (Fsp3) is 0.314. The minimum absolute atomic E-state index is 0.138. The molecule has 238 valence electrons. The number of nitriles is 1. The zero-order valence-electron chi connectivity index (χ0n) is 25.8. The highest BCUT2D eigenvalue weighted by molar-refractivity contribution is 7.91. The molecule has 10 nitrogen and oxygen atoms in total. The third kappa shape index (κ3) is 6.45. The van der Waals surface area contributed by atoms with Gasteiger partial charge in [-0.2, -0.15) is 10.2 Å². The fourth-order valence-corrected chi connectivity index (χ4v) is 7.14. The second-order valence-electron chi connectivity index (χ2n) is 11.1. The molecule has 1 aliphatic rings. The Bertz CT molecular complexity index is 1940. The summed E-state index contributed by atoms with van der Waals surface area (Å²) >= 11 is 0. The van der Waals surface area contributed by atoms with Crippen LogP contribution in [0, 0.1) is 11.3 Å². The van der Waals surface area contributed by atoms with Crippen molar-refractivity contribution in [2.24, 2.45) is 0 Å². The maximum Gasteiger partial charge on any atom is 0.296 e. The number of aromatic nitrogens is 2. The van der Waals surface area contributed by atoms with E-state index in [4.69, 9.17) is 4.74 Å². The summed E-state index contributed by atoms with van der Waals surface area (Å²) in [4.78, 5) is 31.6. The number of carbonyl (C=O) groups is 1. The number of rotatable bonds is 10. The molecule has 11 heteroatoms. The summed E-state index contributed by atoms with van der Waals surface area (Å²) in [6.45, 7) is 5.76. The van der Waals surface area contributed by atoms with Crippen LogP contribution in [-0.4, -0.2) is 60.2 Å². The lowest BCUT2D eigenvalue weighted by Gasteiger charge is -2.27. The van der Waals surface area contributed by atoms with Crippen molar-refractivity contribution < 1.29 is 23.1 Å². The summed E-state index contributed by atoms with van der Waals surface area (Å²) in [6, 6.07) is 21.4. The number of unbranched alkanes of at least 4 members (excludes halogenated alkanes) is 1. The van der Waals surface area contributed by atoms with Crippen molar-refractivity contribution in [3.8, 4) is 23.1 Å². The van der Waals surface area contributed by atoms with Crippen LogP contribution in [0.5, 0.6) is 5.88 Å². The van der Waals surface area contributed by atoms with Crippen LogP contribution in [0.2, 0.25) is 0 Å². The van der Waals surface area contributed by atoms with Crippen LogP contribution in [0.1, 0.15) is 66.5 Å². The van der Waals surface area contributed by atoms with Crippen molar-refractivity contribution in [1.29, 1.82) is 5.26 Å². The number of morpholine rings is 1. The Kier molecular flexibility index (Phi) is 9.99. The Labute approximate surface area is 268 Å². The van der Waals surface area contributed by atoms with E-state index in [-0.39, 0.29) is 16.6 Å². The van der Waals surface area contributed by atoms with E-state index >= 15 is 0 Å². The van der Waals surface area contributed by atoms with E-state index in [0.717, 1.165) is 6.42 Å². The highest BCUT2D eigenvalue weighted by Crippen LogP contribution is 2.34. The molecule has 1 saturated heterocycles. The Hall–Kier alpha value is -4.79. The number of benzene rings is 3. The number of sulfone groups is 1. The summed E-state index contributed by atoms with van der Waals surface area (Å²) in [5.41, 5.74) is 1.80. The third-order valence-electron chi connectivity index (χ3n) is 8.19. The van der Waals surface area contributed by atoms with E-state index in [1.54, 1.807) is 65.6 Å². The van der Waals surface area contributed by atoms with Gasteiger partial charge in [0.2, 0.25) is 15.7 Å². The quantitative estimate of drug-likeness (QED) is 0.251. The van der Waals surface area contributed by atoms with Gasteiger partial charge in [-0.3, -0.25) is 14.2 Å². The van der Waals surface area contributed by atoms with E-state index in [9.17, 15) is 28.4 Å². The SMILES string of the molecule is CCCCc1nc(=O)c(S(=O)(=O)c2ccc(-c3ccccc3C(=O)N3CCOCC3)cc2)c(O)n1[C@@H](CC)c1cccc(C#N)c1. The average Bonchev–Trinajstić information content (AvgIpc) is 3.08. The summed E-state index contributed by atoms with van der Waals surface area (Å²) in [6.07, 6.45) is 2.25. The number of aromatic hydroxyl groups is 1. The Morgan fingerprint density at radius 3 is 2.43 bits per heavy atom. The molecule has 0 spiro atoms. The minimum Gasteiger partial charge on any atom is -0.493 e. The van der Waals surface area contributed by atoms with Gasteiger partial charge in [-0.15, -0.1) is 0 Å². The largest absolute Gasteiger partial charge is 0.493 e. The van der Waals surface area contributed by atoms with Gasteiger partial charge in [-0.05, 0) is 59.9 Å². The summed E-state index contributed by atoms with van der Waals surface area (Å²) in [7, 11) is -4.53. The molecule has 46 heavy (non-hydrogen) atoms. The number of hydrogen-bond donors (Lipinski definition) is 1. The van der Waals surface area contributed by atoms with Crippen LogP contribution in [-0.2, 0) is 21.0 Å². The molecular formula is C35H36N4O6S. The molecule has 1 amide bonds. The monoisotopic (exact) mass is 640 g/mol. The number of hydrogen-bond acceptors (Lipinski definition) is 8. The molecule has 0 bridgehead atoms. The normalized spacial score (nSPS) is 14.1. The summed E-state index contributed by atoms with van der Waals surface area (Å²) < 4.78 is 34.8. The topological polar surface area (TPSA) is 143 Å². The van der Waals surface area contributed by atoms with Crippen molar-refractivity contribution >= 4 is 15.7 Å². The summed E-state index contributed by atoms with van der Waals surface area (Å²) in [5, 5.41) is 21.1. The van der Waals surface area contributed by atoms with Gasteiger partial charge < -0.3 is 14.7 Å². The molecule has 0 radical (unpaired) electrons. The van der Waals surface area contributed by atoms with Crippen LogP contribution < -0.4 is 5.56 Å². The van der Waals surface area contributed by atoms with Crippen molar-refractivity contribution in [3.63, 3.8) is 0 Å². The molecule has 0 saturated carbocycles. The van der Waals surface area contributed by atoms with Crippen molar-refractivity contribution in [2.75, 3.05) is 26.3 Å². The number of ether oxygens (including phenoxy) is 1. The summed E-state index contributed by atoms with van der Waals surface area (Å²) in [5.74, 6) is -0.554. The molecule has 1 aliphatic heterocycles. The average molecular weight is 641 g/mol. The van der Waals surface area contributed by atoms with E-state index in [2.05, 4.69) is 11.1 Å². The van der Waals surface area contributed by atoms with Crippen LogP contribution in [0.25, 0.3) is 11.1 Å². The van der Waals surface area contributed by atoms with Crippen LogP contribution >= 0.6 is 0 Å². The standard InChI is InChI=1S/C35H36N4O6S/c1-3-5-13-31-37-33(40)32(35(42)39(31)30(4-2)26-10-8-9-24(22-26)23-36)46(43,44)27-16-14-25(15-17-27)28-11-6-7-12-29(28)34(41)38-18-20-45-21-19-38/h6-12,14-17,22,30,42H,3-5,13,18-21H2,1-2H3/t30-/m0/s1. The Balaban J connectivity index is 1.57. The van der Waals surface area contributed by atoms with Crippen LogP contribution in [0.3, 0.4) is 0 Å². The van der Waals surface area contributed by atoms with Gasteiger partial charge in [0.05, 0.1) is 35.8 Å². The minimum atomic E-state index is -4.53. The predicted molar refractivity (Wildman–Crippen MR) is 172 cm³/mol. The molecule has 2 heterocycles. The lowest BCUT2D eigenvalue weighted by atomic mass is 9.99. The lowest BCUT2D eigenvalue weighted by Crippen LogP contribution is -2.40. The molecule has 4 aromatic rings. The van der Waals surface area contributed by atoms with Crippen molar-refractivity contribution in [2.45, 2.75) is 55.4 Å². The Morgan fingerprint density at radius 2 is 1.76 bits per heavy atom. The van der Waals surface area contributed by atoms with Gasteiger partial charge in [0, 0.05) is 25.1 Å². The molecule has 1 aromatic heterocycles. The van der Waals surface area contributed by atoms with E-state index < -0.39 is 32.2 Å². The van der Waals surface area contributed by atoms with Gasteiger partial charge in [0.15, 0.2) is 4.90 Å². The van der Waals surface area contributed by atoms with Crippen molar-refractivity contribution in [1.82, 2.24) is 14.5 Å². The first-order valence-corrected chi connectivity index (χ1v) is 16.9. The van der Waals surface area contributed by atoms with E-state index in [0.29, 0.717) is 73.4 Å². The highest BCUT2D eigenvalue weighted by Gasteiger charge is 2.32. The first-order chi connectivity index (χ1) is 22.2. The number of aryl methyl sites for hydroxylation is 1. The van der Waals surface area contributed by atoms with E-state index in [1.165, 1.54) is 16.7 Å². The van der Waals surface area contributed by atoms with Gasteiger partial charge in [-0.1, -0.05) is 62.7 Å². The van der Waals surface area contributed by atoms with E-state index in [1.807, 2.05) is 13.8 Å². The smallest absolute Gasteiger partial charge is 0.296 e. The predicted octanol–water partition coefficient (Wildman–Crippen LogP) is 5.13. The molecule has 0 unspecified atom stereocenters. The van der Waals surface area contributed by atoms with Gasteiger partial charge in [0.1, 0.15) is 5.82 Å². The zero-order chi connectivity index (χ0) is 32.8. The fourth-order valence-electron chi connectivity index (χ4n) is 5.80. The molecule has 1 atom stereocenters. The van der Waals surface area contributed by atoms with Crippen LogP contribution in [0.4, 0.5) is 0 Å². The maximum absolute atomic E-state index is 14.0. The number of amides is 1. The lowest BCUT2D eigenvalue weighted by molar-refractivity contribution is 0.0303. The third-order valence-corrected chi connectivity index (χ3v) is 9.97. The molecule has 0 aliphatic carbocycles. The number of carbonyl (C=O) groups excluding carboxylic acids is 1. The first kappa shape index (κ1) is 32.6. The van der Waals surface area contributed by atoms with Gasteiger partial charge in [-0.25, -0.2) is 8.42 Å². The molecule has 1 fully saturated rings. The molecule has 1 N–H and O–H groups in total. The zero-order valence-corrected chi connectivity index (χ0v) is 26.7.